The Morgan fingerprint density at radius 3 is 2.41 bits per heavy atom. The summed E-state index contributed by atoms with van der Waals surface area (Å²) in [6, 6.07) is 14.5. The molecule has 1 aliphatic carbocycles. The Labute approximate surface area is 173 Å². The summed E-state index contributed by atoms with van der Waals surface area (Å²) < 4.78 is 26.1. The van der Waals surface area contributed by atoms with E-state index in [0.29, 0.717) is 17.8 Å². The van der Waals surface area contributed by atoms with Gasteiger partial charge >= 0.3 is 0 Å². The van der Waals surface area contributed by atoms with Gasteiger partial charge in [0, 0.05) is 12.1 Å². The van der Waals surface area contributed by atoms with Gasteiger partial charge in [0.15, 0.2) is 0 Å². The predicted octanol–water partition coefficient (Wildman–Crippen LogP) is 4.19. The van der Waals surface area contributed by atoms with Crippen LogP contribution < -0.4 is 9.62 Å². The van der Waals surface area contributed by atoms with Gasteiger partial charge in [-0.2, -0.15) is 0 Å². The molecule has 0 radical (unpaired) electrons. The molecular formula is C23H28N2O3S. The van der Waals surface area contributed by atoms with Crippen molar-refractivity contribution in [2.45, 2.75) is 39.2 Å². The normalized spacial score (nSPS) is 14.2. The lowest BCUT2D eigenvalue weighted by atomic mass is 9.99. The van der Waals surface area contributed by atoms with Crippen LogP contribution in [-0.4, -0.2) is 27.1 Å². The molecule has 3 rings (SSSR count). The van der Waals surface area contributed by atoms with Crippen molar-refractivity contribution < 1.29 is 13.2 Å². The second kappa shape index (κ2) is 9.27. The number of sulfonamides is 1. The molecular weight excluding hydrogens is 384 g/mol. The van der Waals surface area contributed by atoms with Crippen LogP contribution >= 0.6 is 0 Å². The zero-order valence-corrected chi connectivity index (χ0v) is 17.8. The van der Waals surface area contributed by atoms with Gasteiger partial charge in [-0.25, -0.2) is 8.42 Å². The lowest BCUT2D eigenvalue weighted by Gasteiger charge is -2.23. The van der Waals surface area contributed by atoms with Gasteiger partial charge in [0.25, 0.3) is 5.91 Å². The molecule has 154 valence electrons. The summed E-state index contributed by atoms with van der Waals surface area (Å²) in [7, 11) is -3.47. The third kappa shape index (κ3) is 5.70. The van der Waals surface area contributed by atoms with Crippen LogP contribution in [0.1, 0.15) is 47.2 Å². The van der Waals surface area contributed by atoms with E-state index in [-0.39, 0.29) is 12.5 Å². The van der Waals surface area contributed by atoms with E-state index < -0.39 is 10.0 Å². The van der Waals surface area contributed by atoms with Gasteiger partial charge in [-0.1, -0.05) is 35.9 Å². The van der Waals surface area contributed by atoms with E-state index in [4.69, 9.17) is 0 Å². The van der Waals surface area contributed by atoms with Crippen LogP contribution in [0.15, 0.2) is 60.2 Å². The topological polar surface area (TPSA) is 66.5 Å². The minimum atomic E-state index is -3.47. The monoisotopic (exact) mass is 412 g/mol. The summed E-state index contributed by atoms with van der Waals surface area (Å²) in [5.74, 6) is -0.146. The Kier molecular flexibility index (Phi) is 6.75. The lowest BCUT2D eigenvalue weighted by molar-refractivity contribution is 0.0956. The van der Waals surface area contributed by atoms with E-state index in [0.717, 1.165) is 24.0 Å². The average Bonchev–Trinajstić information content (AvgIpc) is 2.71. The highest BCUT2D eigenvalue weighted by atomic mass is 32.2. The largest absolute Gasteiger partial charge is 0.348 e. The molecule has 0 spiro atoms. The standard InChI is InChI=1S/C23H28N2O3S/c1-18-8-6-7-11-21(18)17-25(29(2,27)28)22-14-12-20(13-15-22)23(26)24-16-19-9-4-3-5-10-19/h6-9,11-15H,3-5,10,16-17H2,1-2H3,(H,24,26). The van der Waals surface area contributed by atoms with Crippen molar-refractivity contribution in [2.24, 2.45) is 0 Å². The van der Waals surface area contributed by atoms with Gasteiger partial charge in [-0.3, -0.25) is 9.10 Å². The van der Waals surface area contributed by atoms with E-state index in [1.165, 1.54) is 29.0 Å². The number of carbonyl (C=O) groups excluding carboxylic acids is 1. The number of hydrogen-bond donors (Lipinski definition) is 1. The van der Waals surface area contributed by atoms with Gasteiger partial charge < -0.3 is 5.32 Å². The van der Waals surface area contributed by atoms with Gasteiger partial charge in [0.1, 0.15) is 0 Å². The number of amides is 1. The fraction of sp³-hybridized carbons (Fsp3) is 0.348. The molecule has 2 aromatic carbocycles. The van der Waals surface area contributed by atoms with Gasteiger partial charge in [-0.05, 0) is 68.0 Å². The van der Waals surface area contributed by atoms with Crippen LogP contribution in [0, 0.1) is 6.92 Å². The number of rotatable bonds is 7. The lowest BCUT2D eigenvalue weighted by Crippen LogP contribution is -2.30. The number of allylic oxidation sites excluding steroid dienone is 1. The van der Waals surface area contributed by atoms with Crippen molar-refractivity contribution in [3.8, 4) is 0 Å². The summed E-state index contributed by atoms with van der Waals surface area (Å²) in [4.78, 5) is 12.4. The Morgan fingerprint density at radius 2 is 1.79 bits per heavy atom. The molecule has 0 aliphatic heterocycles. The van der Waals surface area contributed by atoms with Gasteiger partial charge in [0.2, 0.25) is 10.0 Å². The van der Waals surface area contributed by atoms with Crippen LogP contribution in [0.2, 0.25) is 0 Å². The molecule has 5 nitrogen and oxygen atoms in total. The Hall–Kier alpha value is -2.60. The first kappa shape index (κ1) is 21.1. The predicted molar refractivity (Wildman–Crippen MR) is 118 cm³/mol. The van der Waals surface area contributed by atoms with E-state index in [1.54, 1.807) is 24.3 Å². The Morgan fingerprint density at radius 1 is 1.07 bits per heavy atom. The molecule has 0 unspecified atom stereocenters. The molecule has 1 amide bonds. The fourth-order valence-corrected chi connectivity index (χ4v) is 4.36. The maximum absolute atomic E-state index is 12.4. The Balaban J connectivity index is 1.72. The number of benzene rings is 2. The molecule has 0 aromatic heterocycles. The van der Waals surface area contributed by atoms with Gasteiger partial charge in [0.05, 0.1) is 18.5 Å². The van der Waals surface area contributed by atoms with Crippen molar-refractivity contribution in [3.63, 3.8) is 0 Å². The zero-order chi connectivity index (χ0) is 20.9. The van der Waals surface area contributed by atoms with Crippen LogP contribution in [0.3, 0.4) is 0 Å². The minimum Gasteiger partial charge on any atom is -0.348 e. The van der Waals surface area contributed by atoms with Crippen molar-refractivity contribution in [3.05, 3.63) is 76.9 Å². The quantitative estimate of drug-likeness (QED) is 0.694. The molecule has 0 saturated heterocycles. The Bertz CT molecular complexity index is 995. The van der Waals surface area contributed by atoms with E-state index in [1.807, 2.05) is 31.2 Å². The molecule has 6 heteroatoms. The van der Waals surface area contributed by atoms with Crippen LogP contribution in [0.25, 0.3) is 0 Å². The summed E-state index contributed by atoms with van der Waals surface area (Å²) in [6.07, 6.45) is 7.94. The van der Waals surface area contributed by atoms with Gasteiger partial charge in [-0.15, -0.1) is 0 Å². The van der Waals surface area contributed by atoms with Crippen molar-refractivity contribution in [1.82, 2.24) is 5.32 Å². The molecule has 0 bridgehead atoms. The maximum atomic E-state index is 12.4. The van der Waals surface area contributed by atoms with Crippen molar-refractivity contribution in [2.75, 3.05) is 17.1 Å². The maximum Gasteiger partial charge on any atom is 0.251 e. The van der Waals surface area contributed by atoms with Crippen LogP contribution in [0.4, 0.5) is 5.69 Å². The first-order chi connectivity index (χ1) is 13.8. The van der Waals surface area contributed by atoms with Crippen LogP contribution in [0.5, 0.6) is 0 Å². The number of aryl methyl sites for hydroxylation is 1. The van der Waals surface area contributed by atoms with E-state index in [2.05, 4.69) is 11.4 Å². The summed E-state index contributed by atoms with van der Waals surface area (Å²) >= 11 is 0. The highest BCUT2D eigenvalue weighted by Gasteiger charge is 2.19. The first-order valence-corrected chi connectivity index (χ1v) is 11.8. The second-order valence-corrected chi connectivity index (χ2v) is 9.44. The summed E-state index contributed by atoms with van der Waals surface area (Å²) in [5.41, 5.74) is 4.33. The number of carbonyl (C=O) groups is 1. The molecule has 2 aromatic rings. The van der Waals surface area contributed by atoms with Crippen molar-refractivity contribution in [1.29, 1.82) is 0 Å². The highest BCUT2D eigenvalue weighted by Crippen LogP contribution is 2.23. The SMILES string of the molecule is Cc1ccccc1CN(c1ccc(C(=O)NCC2=CCCCC2)cc1)S(C)(=O)=O. The minimum absolute atomic E-state index is 0.146. The molecule has 0 fully saturated rings. The summed E-state index contributed by atoms with van der Waals surface area (Å²) in [6.45, 7) is 2.79. The zero-order valence-electron chi connectivity index (χ0n) is 17.0. The molecule has 29 heavy (non-hydrogen) atoms. The average molecular weight is 413 g/mol. The number of nitrogens with one attached hydrogen (secondary N) is 1. The fourth-order valence-electron chi connectivity index (χ4n) is 3.48. The third-order valence-electron chi connectivity index (χ3n) is 5.25. The van der Waals surface area contributed by atoms with Crippen molar-refractivity contribution >= 4 is 21.6 Å². The van der Waals surface area contributed by atoms with Crippen LogP contribution in [-0.2, 0) is 16.6 Å². The molecule has 0 saturated carbocycles. The third-order valence-corrected chi connectivity index (χ3v) is 6.39. The summed E-state index contributed by atoms with van der Waals surface area (Å²) in [5, 5.41) is 2.96. The molecule has 1 aliphatic rings. The molecule has 0 heterocycles. The molecule has 1 N–H and O–H groups in total. The van der Waals surface area contributed by atoms with E-state index in [9.17, 15) is 13.2 Å². The first-order valence-electron chi connectivity index (χ1n) is 9.93. The highest BCUT2D eigenvalue weighted by molar-refractivity contribution is 7.92. The van der Waals surface area contributed by atoms with E-state index >= 15 is 0 Å². The number of anilines is 1. The smallest absolute Gasteiger partial charge is 0.251 e. The number of hydrogen-bond acceptors (Lipinski definition) is 3. The second-order valence-electron chi connectivity index (χ2n) is 7.53. The number of nitrogens with zero attached hydrogens (tertiary/aromatic N) is 1. The molecule has 0 atom stereocenters.